The topological polar surface area (TPSA) is 108 Å². The molecule has 2 aromatic rings. The fourth-order valence-corrected chi connectivity index (χ4v) is 5.05. The Balaban J connectivity index is 1.22. The molecule has 1 heterocycles. The van der Waals surface area contributed by atoms with Gasteiger partial charge in [0.15, 0.2) is 11.6 Å². The number of rotatable bonds is 9. The molecule has 0 unspecified atom stereocenters. The van der Waals surface area contributed by atoms with E-state index in [1.807, 2.05) is 12.1 Å². The van der Waals surface area contributed by atoms with E-state index in [9.17, 15) is 23.2 Å². The number of hydrogen-bond donors (Lipinski definition) is 3. The molecule has 4 rings (SSSR count). The van der Waals surface area contributed by atoms with E-state index in [2.05, 4.69) is 22.5 Å². The Bertz CT molecular complexity index is 1170. The maximum absolute atomic E-state index is 14.6. The smallest absolute Gasteiger partial charge is 0.306 e. The summed E-state index contributed by atoms with van der Waals surface area (Å²) in [4.78, 5) is 38.2. The third-order valence-electron chi connectivity index (χ3n) is 7.58. The summed E-state index contributed by atoms with van der Waals surface area (Å²) in [6, 6.07) is 9.74. The molecule has 1 aliphatic heterocycles. The van der Waals surface area contributed by atoms with Crippen LogP contribution < -0.4 is 20.3 Å². The van der Waals surface area contributed by atoms with Gasteiger partial charge in [-0.1, -0.05) is 6.92 Å². The number of amides is 2. The predicted molar refractivity (Wildman–Crippen MR) is 142 cm³/mol. The summed E-state index contributed by atoms with van der Waals surface area (Å²) in [5.74, 6) is -4.58. The molecule has 10 heteroatoms. The van der Waals surface area contributed by atoms with Crippen molar-refractivity contribution in [2.45, 2.75) is 51.6 Å². The van der Waals surface area contributed by atoms with Gasteiger partial charge in [-0.05, 0) is 80.8 Å². The van der Waals surface area contributed by atoms with Crippen LogP contribution in [0.1, 0.15) is 66.2 Å². The number of benzene rings is 2. The Kier molecular flexibility index (Phi) is 9.37. The van der Waals surface area contributed by atoms with Crippen molar-refractivity contribution in [1.29, 1.82) is 0 Å². The van der Waals surface area contributed by atoms with Gasteiger partial charge < -0.3 is 25.4 Å². The van der Waals surface area contributed by atoms with Gasteiger partial charge in [0.1, 0.15) is 0 Å². The number of carboxylic acid groups (broad SMARTS) is 1. The van der Waals surface area contributed by atoms with Gasteiger partial charge in [-0.2, -0.15) is 4.39 Å². The number of aliphatic carboxylic acids is 1. The predicted octanol–water partition coefficient (Wildman–Crippen LogP) is 4.38. The first-order valence-electron chi connectivity index (χ1n) is 13.5. The average molecular weight is 544 g/mol. The molecule has 8 nitrogen and oxygen atoms in total. The van der Waals surface area contributed by atoms with Gasteiger partial charge in [0.05, 0.1) is 17.6 Å². The van der Waals surface area contributed by atoms with Gasteiger partial charge in [0.25, 0.3) is 11.8 Å². The SMILES string of the molecule is CC1CCN(c2ccc(C(=O)NCCNC(=O)c3ccc(O[C@H]4CC[C@@H](C(=O)O)CC4)c(F)c3F)cc2)CC1. The van der Waals surface area contributed by atoms with E-state index >= 15 is 0 Å². The maximum atomic E-state index is 14.6. The lowest BCUT2D eigenvalue weighted by Crippen LogP contribution is -2.35. The van der Waals surface area contributed by atoms with Gasteiger partial charge >= 0.3 is 5.97 Å². The van der Waals surface area contributed by atoms with E-state index in [0.717, 1.165) is 43.6 Å². The molecule has 2 aliphatic rings. The van der Waals surface area contributed by atoms with Crippen molar-refractivity contribution in [2.24, 2.45) is 11.8 Å². The number of nitrogens with one attached hydrogen (secondary N) is 2. The van der Waals surface area contributed by atoms with E-state index in [1.165, 1.54) is 6.07 Å². The largest absolute Gasteiger partial charge is 0.487 e. The number of carboxylic acids is 1. The molecule has 1 saturated heterocycles. The normalized spacial score (nSPS) is 19.8. The van der Waals surface area contributed by atoms with Crippen LogP contribution in [0.2, 0.25) is 0 Å². The molecular formula is C29H35F2N3O5. The fraction of sp³-hybridized carbons (Fsp3) is 0.483. The highest BCUT2D eigenvalue weighted by atomic mass is 19.2. The molecule has 0 aromatic heterocycles. The minimum atomic E-state index is -1.32. The number of nitrogens with zero attached hydrogens (tertiary/aromatic N) is 1. The first-order chi connectivity index (χ1) is 18.7. The second kappa shape index (κ2) is 12.9. The van der Waals surface area contributed by atoms with Crippen molar-refractivity contribution >= 4 is 23.5 Å². The molecule has 1 saturated carbocycles. The average Bonchev–Trinajstić information content (AvgIpc) is 2.94. The van der Waals surface area contributed by atoms with Crippen LogP contribution in [-0.4, -0.2) is 55.2 Å². The molecule has 2 amide bonds. The zero-order valence-corrected chi connectivity index (χ0v) is 22.1. The molecule has 0 bridgehead atoms. The summed E-state index contributed by atoms with van der Waals surface area (Å²) in [5, 5.41) is 14.3. The minimum absolute atomic E-state index is 0.0285. The van der Waals surface area contributed by atoms with E-state index in [0.29, 0.717) is 31.2 Å². The number of halogens is 2. The van der Waals surface area contributed by atoms with Crippen molar-refractivity contribution in [3.05, 3.63) is 59.2 Å². The van der Waals surface area contributed by atoms with Gasteiger partial charge in [0.2, 0.25) is 5.82 Å². The lowest BCUT2D eigenvalue weighted by molar-refractivity contribution is -0.143. The number of hydrogen-bond acceptors (Lipinski definition) is 5. The summed E-state index contributed by atoms with van der Waals surface area (Å²) in [5.41, 5.74) is 1.11. The number of anilines is 1. The number of ether oxygens (including phenoxy) is 1. The molecule has 0 atom stereocenters. The van der Waals surface area contributed by atoms with Crippen LogP contribution in [0.15, 0.2) is 36.4 Å². The van der Waals surface area contributed by atoms with Crippen LogP contribution in [0.5, 0.6) is 5.75 Å². The monoisotopic (exact) mass is 543 g/mol. The number of carbonyl (C=O) groups excluding carboxylic acids is 2. The van der Waals surface area contributed by atoms with Crippen molar-refractivity contribution in [3.8, 4) is 5.75 Å². The summed E-state index contributed by atoms with van der Waals surface area (Å²) in [7, 11) is 0. The van der Waals surface area contributed by atoms with Crippen molar-refractivity contribution in [2.75, 3.05) is 31.1 Å². The Morgan fingerprint density at radius 1 is 0.872 bits per heavy atom. The Labute approximate surface area is 226 Å². The highest BCUT2D eigenvalue weighted by molar-refractivity contribution is 5.95. The van der Waals surface area contributed by atoms with Crippen molar-refractivity contribution in [3.63, 3.8) is 0 Å². The van der Waals surface area contributed by atoms with E-state index in [1.54, 1.807) is 12.1 Å². The maximum Gasteiger partial charge on any atom is 0.306 e. The molecule has 39 heavy (non-hydrogen) atoms. The molecule has 210 valence electrons. The van der Waals surface area contributed by atoms with Crippen LogP contribution in [-0.2, 0) is 4.79 Å². The quantitative estimate of drug-likeness (QED) is 0.405. The first-order valence-corrected chi connectivity index (χ1v) is 13.5. The Hall–Kier alpha value is -3.69. The van der Waals surface area contributed by atoms with Crippen LogP contribution in [0.4, 0.5) is 14.5 Å². The molecule has 0 spiro atoms. The molecule has 0 radical (unpaired) electrons. The Morgan fingerprint density at radius 2 is 1.49 bits per heavy atom. The molecule has 2 fully saturated rings. The highest BCUT2D eigenvalue weighted by Gasteiger charge is 2.28. The lowest BCUT2D eigenvalue weighted by atomic mass is 9.87. The van der Waals surface area contributed by atoms with Crippen LogP contribution >= 0.6 is 0 Å². The second-order valence-corrected chi connectivity index (χ2v) is 10.4. The summed E-state index contributed by atoms with van der Waals surface area (Å²) in [6.45, 7) is 4.40. The Morgan fingerprint density at radius 3 is 2.10 bits per heavy atom. The summed E-state index contributed by atoms with van der Waals surface area (Å²) >= 11 is 0. The molecular weight excluding hydrogens is 508 g/mol. The number of carbonyl (C=O) groups is 3. The zero-order chi connectivity index (χ0) is 27.9. The molecule has 2 aromatic carbocycles. The third kappa shape index (κ3) is 7.25. The molecule has 3 N–H and O–H groups in total. The third-order valence-corrected chi connectivity index (χ3v) is 7.58. The minimum Gasteiger partial charge on any atom is -0.487 e. The van der Waals surface area contributed by atoms with Crippen molar-refractivity contribution in [1.82, 2.24) is 10.6 Å². The van der Waals surface area contributed by atoms with E-state index in [-0.39, 0.29) is 24.7 Å². The van der Waals surface area contributed by atoms with Crippen LogP contribution in [0, 0.1) is 23.5 Å². The lowest BCUT2D eigenvalue weighted by Gasteiger charge is -2.32. The standard InChI is InChI=1S/C29H35F2N3O5/c1-18-12-16-34(17-13-18)21-6-2-19(3-7-21)27(35)32-14-15-33-28(36)23-10-11-24(26(31)25(23)30)39-22-8-4-20(5-9-22)29(37)38/h2-3,6-7,10-11,18,20,22H,4-5,8-9,12-17H2,1H3,(H,32,35)(H,33,36)(H,37,38)/t20-,22+. The fourth-order valence-electron chi connectivity index (χ4n) is 5.05. The van der Waals surface area contributed by atoms with Gasteiger partial charge in [-0.15, -0.1) is 0 Å². The summed E-state index contributed by atoms with van der Waals surface area (Å²) < 4.78 is 34.8. The van der Waals surface area contributed by atoms with Gasteiger partial charge in [-0.25, -0.2) is 4.39 Å². The van der Waals surface area contributed by atoms with E-state index in [4.69, 9.17) is 9.84 Å². The van der Waals surface area contributed by atoms with E-state index < -0.39 is 41.1 Å². The van der Waals surface area contributed by atoms with Gasteiger partial charge in [0, 0.05) is 37.4 Å². The van der Waals surface area contributed by atoms with Gasteiger partial charge in [-0.3, -0.25) is 14.4 Å². The zero-order valence-electron chi connectivity index (χ0n) is 22.1. The van der Waals surface area contributed by atoms with Crippen molar-refractivity contribution < 1.29 is 33.0 Å². The molecule has 1 aliphatic carbocycles. The second-order valence-electron chi connectivity index (χ2n) is 10.4. The summed E-state index contributed by atoms with van der Waals surface area (Å²) in [6.07, 6.45) is 3.55. The first kappa shape index (κ1) is 28.3. The highest BCUT2D eigenvalue weighted by Crippen LogP contribution is 2.30. The van der Waals surface area contributed by atoms with Crippen LogP contribution in [0.3, 0.4) is 0 Å². The number of piperidine rings is 1. The van der Waals surface area contributed by atoms with Crippen LogP contribution in [0.25, 0.3) is 0 Å².